The number of anilines is 3. The number of nitrogens with one attached hydrogen (secondary N) is 2. The fourth-order valence-electron chi connectivity index (χ4n) is 3.50. The third kappa shape index (κ3) is 5.26. The number of nitrogens with zero attached hydrogens (tertiary/aromatic N) is 5. The largest absolute Gasteiger partial charge is 0.460 e. The van der Waals surface area contributed by atoms with Gasteiger partial charge in [0, 0.05) is 41.4 Å². The summed E-state index contributed by atoms with van der Waals surface area (Å²) in [4.78, 5) is 16.9. The van der Waals surface area contributed by atoms with Gasteiger partial charge in [0.25, 0.3) is 0 Å². The van der Waals surface area contributed by atoms with Gasteiger partial charge in [-0.2, -0.15) is 20.1 Å². The molecule has 162 valence electrons. The van der Waals surface area contributed by atoms with Crippen LogP contribution in [0.25, 0.3) is 0 Å². The lowest BCUT2D eigenvalue weighted by Crippen LogP contribution is -2.36. The number of ether oxygens (including phenoxy) is 1. The highest BCUT2D eigenvalue weighted by molar-refractivity contribution is 7.99. The number of likely N-dealkylation sites (tertiary alicyclic amines) is 1. The lowest BCUT2D eigenvalue weighted by Gasteiger charge is -2.28. The number of nitrogens with two attached hydrogens (primary N) is 1. The molecule has 1 saturated heterocycles. The van der Waals surface area contributed by atoms with Crippen molar-refractivity contribution in [1.29, 1.82) is 0 Å². The second kappa shape index (κ2) is 8.72. The van der Waals surface area contributed by atoms with Crippen LogP contribution >= 0.6 is 11.8 Å². The first-order valence-electron chi connectivity index (χ1n) is 10.6. The standard InChI is InChI=1S/C21H26N8OS/c1-29-10-8-15(9-11-29)30-20-24-19(23-18-12-17(27-28-18)13-2-3-13)25-21(26-20)31-16-6-4-14(22)5-7-16/h4-7,12-13,15H,2-3,8-11,22H2,1H3,(H2,23,24,25,26,27,28). The highest BCUT2D eigenvalue weighted by atomic mass is 32.2. The molecule has 0 radical (unpaired) electrons. The number of nitrogen functional groups attached to an aromatic ring is 1. The zero-order chi connectivity index (χ0) is 21.2. The molecule has 0 atom stereocenters. The first-order valence-corrected chi connectivity index (χ1v) is 11.4. The molecule has 1 aromatic carbocycles. The van der Waals surface area contributed by atoms with Crippen molar-refractivity contribution in [3.8, 4) is 6.01 Å². The average molecular weight is 439 g/mol. The summed E-state index contributed by atoms with van der Waals surface area (Å²) in [7, 11) is 2.13. The van der Waals surface area contributed by atoms with E-state index in [1.165, 1.54) is 24.6 Å². The molecule has 0 amide bonds. The number of aromatic nitrogens is 5. The van der Waals surface area contributed by atoms with Gasteiger partial charge in [0.15, 0.2) is 5.82 Å². The Morgan fingerprint density at radius 3 is 2.61 bits per heavy atom. The minimum absolute atomic E-state index is 0.104. The van der Waals surface area contributed by atoms with Gasteiger partial charge in [0.05, 0.1) is 0 Å². The van der Waals surface area contributed by atoms with Gasteiger partial charge in [0.1, 0.15) is 6.10 Å². The van der Waals surface area contributed by atoms with Crippen LogP contribution in [0.1, 0.15) is 37.3 Å². The molecule has 31 heavy (non-hydrogen) atoms. The van der Waals surface area contributed by atoms with Crippen LogP contribution in [0.3, 0.4) is 0 Å². The lowest BCUT2D eigenvalue weighted by atomic mass is 10.1. The summed E-state index contributed by atoms with van der Waals surface area (Å²) < 4.78 is 6.14. The molecule has 5 rings (SSSR count). The van der Waals surface area contributed by atoms with E-state index in [2.05, 4.69) is 42.4 Å². The maximum Gasteiger partial charge on any atom is 0.322 e. The van der Waals surface area contributed by atoms with Crippen LogP contribution in [0.2, 0.25) is 0 Å². The third-order valence-corrected chi connectivity index (χ3v) is 6.35. The molecule has 2 fully saturated rings. The van der Waals surface area contributed by atoms with Crippen molar-refractivity contribution in [2.45, 2.75) is 47.8 Å². The predicted molar refractivity (Wildman–Crippen MR) is 120 cm³/mol. The summed E-state index contributed by atoms with van der Waals surface area (Å²) in [6, 6.07) is 9.98. The van der Waals surface area contributed by atoms with Gasteiger partial charge in [-0.3, -0.25) is 5.10 Å². The van der Waals surface area contributed by atoms with Gasteiger partial charge in [0.2, 0.25) is 11.1 Å². The molecule has 3 aromatic rings. The average Bonchev–Trinajstić information content (AvgIpc) is 3.51. The first-order chi connectivity index (χ1) is 15.1. The highest BCUT2D eigenvalue weighted by Crippen LogP contribution is 2.39. The summed E-state index contributed by atoms with van der Waals surface area (Å²) in [5, 5.41) is 11.2. The van der Waals surface area contributed by atoms with E-state index in [4.69, 9.17) is 10.5 Å². The van der Waals surface area contributed by atoms with Gasteiger partial charge in [-0.15, -0.1) is 0 Å². The van der Waals surface area contributed by atoms with E-state index in [0.717, 1.165) is 42.2 Å². The molecule has 0 bridgehead atoms. The maximum absolute atomic E-state index is 6.14. The normalized spacial score (nSPS) is 17.6. The van der Waals surface area contributed by atoms with E-state index in [0.29, 0.717) is 28.9 Å². The number of benzene rings is 1. The molecular weight excluding hydrogens is 412 g/mol. The molecular formula is C21H26N8OS. The van der Waals surface area contributed by atoms with Crippen molar-refractivity contribution in [2.24, 2.45) is 0 Å². The number of hydrogen-bond acceptors (Lipinski definition) is 9. The van der Waals surface area contributed by atoms with Crippen molar-refractivity contribution in [3.05, 3.63) is 36.0 Å². The molecule has 1 saturated carbocycles. The minimum atomic E-state index is 0.104. The Labute approximate surface area is 185 Å². The first kappa shape index (κ1) is 20.1. The maximum atomic E-state index is 6.14. The van der Waals surface area contributed by atoms with E-state index in [1.54, 1.807) is 0 Å². The van der Waals surface area contributed by atoms with Crippen molar-refractivity contribution in [2.75, 3.05) is 31.2 Å². The molecule has 2 aromatic heterocycles. The summed E-state index contributed by atoms with van der Waals surface area (Å²) in [5.41, 5.74) is 7.67. The van der Waals surface area contributed by atoms with E-state index in [-0.39, 0.29) is 6.10 Å². The smallest absolute Gasteiger partial charge is 0.322 e. The number of hydrogen-bond donors (Lipinski definition) is 3. The molecule has 4 N–H and O–H groups in total. The molecule has 10 heteroatoms. The monoisotopic (exact) mass is 438 g/mol. The number of rotatable bonds is 7. The molecule has 1 aliphatic heterocycles. The molecule has 1 aliphatic carbocycles. The fourth-order valence-corrected chi connectivity index (χ4v) is 4.24. The quantitative estimate of drug-likeness (QED) is 0.477. The number of H-pyrrole nitrogens is 1. The van der Waals surface area contributed by atoms with E-state index < -0.39 is 0 Å². The van der Waals surface area contributed by atoms with Gasteiger partial charge < -0.3 is 20.7 Å². The molecule has 0 spiro atoms. The topological polar surface area (TPSA) is 118 Å². The van der Waals surface area contributed by atoms with Gasteiger partial charge in [-0.05, 0) is 68.8 Å². The number of piperidine rings is 1. The van der Waals surface area contributed by atoms with E-state index >= 15 is 0 Å². The Balaban J connectivity index is 1.37. The van der Waals surface area contributed by atoms with Crippen LogP contribution in [0, 0.1) is 0 Å². The van der Waals surface area contributed by atoms with Crippen LogP contribution < -0.4 is 15.8 Å². The summed E-state index contributed by atoms with van der Waals surface area (Å²) in [6.07, 6.45) is 4.44. The van der Waals surface area contributed by atoms with Crippen molar-refractivity contribution in [1.82, 2.24) is 30.0 Å². The minimum Gasteiger partial charge on any atom is -0.460 e. The SMILES string of the molecule is CN1CCC(Oc2nc(Nc3cc(C4CC4)[nH]n3)nc(Sc3ccc(N)cc3)n2)CC1. The van der Waals surface area contributed by atoms with Gasteiger partial charge in [-0.1, -0.05) is 0 Å². The van der Waals surface area contributed by atoms with Gasteiger partial charge >= 0.3 is 6.01 Å². The van der Waals surface area contributed by atoms with Gasteiger partial charge in [-0.25, -0.2) is 0 Å². The molecule has 2 aliphatic rings. The summed E-state index contributed by atoms with van der Waals surface area (Å²) >= 11 is 1.44. The lowest BCUT2D eigenvalue weighted by molar-refractivity contribution is 0.104. The number of aromatic amines is 1. The highest BCUT2D eigenvalue weighted by Gasteiger charge is 2.26. The van der Waals surface area contributed by atoms with Crippen molar-refractivity contribution < 1.29 is 4.74 Å². The zero-order valence-corrected chi connectivity index (χ0v) is 18.2. The zero-order valence-electron chi connectivity index (χ0n) is 17.4. The Hall–Kier alpha value is -2.85. The van der Waals surface area contributed by atoms with E-state index in [1.807, 2.05) is 30.3 Å². The summed E-state index contributed by atoms with van der Waals surface area (Å²) in [5.74, 6) is 1.72. The Morgan fingerprint density at radius 1 is 1.10 bits per heavy atom. The van der Waals surface area contributed by atoms with Crippen molar-refractivity contribution >= 4 is 29.2 Å². The second-order valence-electron chi connectivity index (χ2n) is 8.12. The van der Waals surface area contributed by atoms with E-state index in [9.17, 15) is 0 Å². The predicted octanol–water partition coefficient (Wildman–Crippen LogP) is 3.42. The second-order valence-corrected chi connectivity index (χ2v) is 9.16. The van der Waals surface area contributed by atoms with Crippen LogP contribution in [0.15, 0.2) is 40.4 Å². The Kier molecular flexibility index (Phi) is 5.65. The fraction of sp³-hybridized carbons (Fsp3) is 0.429. The van der Waals surface area contributed by atoms with Crippen molar-refractivity contribution in [3.63, 3.8) is 0 Å². The third-order valence-electron chi connectivity index (χ3n) is 5.48. The Bertz CT molecular complexity index is 1030. The molecule has 0 unspecified atom stereocenters. The molecule has 3 heterocycles. The Morgan fingerprint density at radius 2 is 1.87 bits per heavy atom. The van der Waals surface area contributed by atoms with Crippen LogP contribution in [0.5, 0.6) is 6.01 Å². The molecule has 9 nitrogen and oxygen atoms in total. The van der Waals surface area contributed by atoms with Crippen LogP contribution in [-0.4, -0.2) is 56.3 Å². The van der Waals surface area contributed by atoms with Crippen LogP contribution in [0.4, 0.5) is 17.5 Å². The summed E-state index contributed by atoms with van der Waals surface area (Å²) in [6.45, 7) is 2.01. The van der Waals surface area contributed by atoms with Crippen LogP contribution in [-0.2, 0) is 0 Å².